The molecule has 27 heavy (non-hydrogen) atoms. The van der Waals surface area contributed by atoms with Gasteiger partial charge in [-0.3, -0.25) is 30.2 Å². The molecule has 0 aliphatic rings. The van der Waals surface area contributed by atoms with Gasteiger partial charge in [0.2, 0.25) is 0 Å². The number of hydrogen-bond donors (Lipinski definition) is 0. The van der Waals surface area contributed by atoms with E-state index in [1.54, 1.807) is 0 Å². The number of benzene rings is 2. The van der Waals surface area contributed by atoms with Crippen molar-refractivity contribution in [1.29, 1.82) is 0 Å². The topological polar surface area (TPSA) is 157 Å². The molecule has 0 heterocycles. The molecule has 0 saturated heterocycles. The normalized spacial score (nSPS) is 10.8. The van der Waals surface area contributed by atoms with Gasteiger partial charge in [-0.1, -0.05) is 23.6 Å². The Morgan fingerprint density at radius 3 is 1.48 bits per heavy atom. The maximum absolute atomic E-state index is 11.6. The number of hydrogen-bond acceptors (Lipinski definition) is 8. The summed E-state index contributed by atoms with van der Waals surface area (Å²) >= 11 is 0. The molecule has 0 atom stereocenters. The smallest absolute Gasteiger partial charge is 0.872 e. The number of nitro benzene ring substituents is 2. The predicted octanol–water partition coefficient (Wildman–Crippen LogP) is 1.19. The molecule has 0 amide bonds. The maximum atomic E-state index is 11.6. The second-order valence-electron chi connectivity index (χ2n) is 5.03. The van der Waals surface area contributed by atoms with Crippen LogP contribution in [0.4, 0.5) is 11.4 Å². The van der Waals surface area contributed by atoms with Crippen molar-refractivity contribution in [2.75, 3.05) is 13.1 Å². The van der Waals surface area contributed by atoms with Gasteiger partial charge in [-0.15, -0.1) is 0 Å². The summed E-state index contributed by atoms with van der Waals surface area (Å²) in [5, 5.41) is 44.5. The first-order valence-corrected chi connectivity index (χ1v) is 7.29. The Morgan fingerprint density at radius 2 is 1.15 bits per heavy atom. The molecule has 0 aliphatic carbocycles. The molecule has 2 aromatic carbocycles. The quantitative estimate of drug-likeness (QED) is 0.219. The largest absolute Gasteiger partial charge is 3.00 e. The van der Waals surface area contributed by atoms with Crippen LogP contribution in [0.15, 0.2) is 46.4 Å². The molecule has 10 nitrogen and oxygen atoms in total. The molecule has 0 aliphatic heterocycles. The van der Waals surface area contributed by atoms with E-state index < -0.39 is 21.3 Å². The van der Waals surface area contributed by atoms with E-state index in [9.17, 15) is 30.4 Å². The van der Waals surface area contributed by atoms with Gasteiger partial charge in [-0.05, 0) is 11.1 Å². The van der Waals surface area contributed by atoms with E-state index in [-0.39, 0.29) is 52.7 Å². The molecule has 0 radical (unpaired) electrons. The van der Waals surface area contributed by atoms with Crippen molar-refractivity contribution in [2.24, 2.45) is 9.98 Å². The Morgan fingerprint density at radius 1 is 0.778 bits per heavy atom. The summed E-state index contributed by atoms with van der Waals surface area (Å²) in [7, 11) is 0. The minimum absolute atomic E-state index is 0. The molecular weight excluding hydrogens is 399 g/mol. The molecule has 0 fully saturated rings. The maximum Gasteiger partial charge on any atom is 3.00 e. The van der Waals surface area contributed by atoms with Crippen LogP contribution in [0.3, 0.4) is 0 Å². The van der Waals surface area contributed by atoms with Gasteiger partial charge in [-0.25, -0.2) is 0 Å². The van der Waals surface area contributed by atoms with Gasteiger partial charge >= 0.3 is 17.1 Å². The molecule has 0 N–H and O–H groups in total. The van der Waals surface area contributed by atoms with Gasteiger partial charge in [0.05, 0.1) is 22.9 Å². The van der Waals surface area contributed by atoms with Crippen LogP contribution in [0.25, 0.3) is 0 Å². The SMILES string of the molecule is O=[N+]([O-])c1ccc([O-])c(C=NCCN=Cc2cc([N+](=O)[O-])ccc2[O-])c1.[Mn+3]. The van der Waals surface area contributed by atoms with Gasteiger partial charge in [0.1, 0.15) is 0 Å². The molecule has 0 aromatic heterocycles. The second kappa shape index (κ2) is 10.00. The second-order valence-corrected chi connectivity index (χ2v) is 5.03. The average Bonchev–Trinajstić information content (AvgIpc) is 2.60. The van der Waals surface area contributed by atoms with Crippen molar-refractivity contribution in [3.8, 4) is 11.5 Å². The van der Waals surface area contributed by atoms with Crippen LogP contribution in [0.1, 0.15) is 11.1 Å². The molecule has 2 aromatic rings. The monoisotopic (exact) mass is 411 g/mol. The summed E-state index contributed by atoms with van der Waals surface area (Å²) in [6, 6.07) is 6.67. The van der Waals surface area contributed by atoms with Gasteiger partial charge in [-0.2, -0.15) is 0 Å². The molecule has 2 rings (SSSR count). The standard InChI is InChI=1S/C16H14N4O6.Mn/c21-15-3-1-13(19(23)24)7-11(15)9-17-5-6-18-10-12-8-14(20(25)26)2-4-16(12)22;/h1-4,7-10,21-22H,5-6H2;/q;+3/p-2. The average molecular weight is 411 g/mol. The summed E-state index contributed by atoms with van der Waals surface area (Å²) in [6.07, 6.45) is 2.44. The van der Waals surface area contributed by atoms with Crippen molar-refractivity contribution < 1.29 is 37.1 Å². The van der Waals surface area contributed by atoms with Crippen LogP contribution in [0, 0.1) is 20.2 Å². The fourth-order valence-corrected chi connectivity index (χ4v) is 1.94. The first-order chi connectivity index (χ1) is 12.4. The Kier molecular flexibility index (Phi) is 8.05. The zero-order valence-electron chi connectivity index (χ0n) is 13.6. The minimum atomic E-state index is -0.610. The molecule has 0 spiro atoms. The third-order valence-electron chi connectivity index (χ3n) is 3.23. The zero-order chi connectivity index (χ0) is 19.1. The fourth-order valence-electron chi connectivity index (χ4n) is 1.94. The number of aliphatic imine (C=N–C) groups is 2. The van der Waals surface area contributed by atoms with Crippen molar-refractivity contribution in [3.63, 3.8) is 0 Å². The Labute approximate surface area is 163 Å². The van der Waals surface area contributed by atoms with Crippen LogP contribution in [-0.4, -0.2) is 35.4 Å². The Hall–Kier alpha value is -3.30. The third kappa shape index (κ3) is 6.17. The number of non-ortho nitro benzene ring substituents is 2. The van der Waals surface area contributed by atoms with Gasteiger partial charge in [0.15, 0.2) is 0 Å². The predicted molar refractivity (Wildman–Crippen MR) is 90.0 cm³/mol. The minimum Gasteiger partial charge on any atom is -0.872 e. The summed E-state index contributed by atoms with van der Waals surface area (Å²) in [6.45, 7) is 0.337. The molecule has 0 saturated carbocycles. The first-order valence-electron chi connectivity index (χ1n) is 7.29. The van der Waals surface area contributed by atoms with Crippen LogP contribution < -0.4 is 10.2 Å². The number of rotatable bonds is 7. The van der Waals surface area contributed by atoms with Crippen molar-refractivity contribution >= 4 is 23.8 Å². The number of nitro groups is 2. The van der Waals surface area contributed by atoms with Gasteiger partial charge < -0.3 is 10.2 Å². The van der Waals surface area contributed by atoms with E-state index in [4.69, 9.17) is 0 Å². The summed E-state index contributed by atoms with van der Waals surface area (Å²) < 4.78 is 0. The van der Waals surface area contributed by atoms with Crippen molar-refractivity contribution in [3.05, 3.63) is 67.8 Å². The van der Waals surface area contributed by atoms with Crippen LogP contribution >= 0.6 is 0 Å². The van der Waals surface area contributed by atoms with E-state index in [2.05, 4.69) is 9.98 Å². The number of nitrogens with zero attached hydrogens (tertiary/aromatic N) is 4. The Balaban J connectivity index is 0.00000364. The van der Waals surface area contributed by atoms with Crippen LogP contribution in [0.2, 0.25) is 0 Å². The van der Waals surface area contributed by atoms with E-state index in [1.165, 1.54) is 12.4 Å². The zero-order valence-corrected chi connectivity index (χ0v) is 14.8. The van der Waals surface area contributed by atoms with E-state index in [0.29, 0.717) is 0 Å². The molecule has 11 heteroatoms. The van der Waals surface area contributed by atoms with Crippen molar-refractivity contribution in [1.82, 2.24) is 0 Å². The summed E-state index contributed by atoms with van der Waals surface area (Å²) in [5.74, 6) is -0.786. The molecule has 0 unspecified atom stereocenters. The van der Waals surface area contributed by atoms with E-state index in [1.807, 2.05) is 0 Å². The van der Waals surface area contributed by atoms with E-state index >= 15 is 0 Å². The van der Waals surface area contributed by atoms with Crippen LogP contribution in [-0.2, 0) is 17.1 Å². The van der Waals surface area contributed by atoms with Gasteiger partial charge in [0.25, 0.3) is 11.4 Å². The Bertz CT molecular complexity index is 827. The molecule has 138 valence electrons. The van der Waals surface area contributed by atoms with E-state index in [0.717, 1.165) is 36.4 Å². The third-order valence-corrected chi connectivity index (χ3v) is 3.23. The first kappa shape index (κ1) is 21.7. The summed E-state index contributed by atoms with van der Waals surface area (Å²) in [4.78, 5) is 28.0. The van der Waals surface area contributed by atoms with Crippen LogP contribution in [0.5, 0.6) is 11.5 Å². The van der Waals surface area contributed by atoms with Crippen molar-refractivity contribution in [2.45, 2.75) is 0 Å². The van der Waals surface area contributed by atoms with Gasteiger partial charge in [0, 0.05) is 36.7 Å². The molecular formula is C16H12MnN4O6+. The summed E-state index contributed by atoms with van der Waals surface area (Å²) in [5.41, 5.74) is -0.247. The molecule has 0 bridgehead atoms. The fraction of sp³-hybridized carbons (Fsp3) is 0.125.